The van der Waals surface area contributed by atoms with Crippen LogP contribution >= 0.6 is 0 Å². The smallest absolute Gasteiger partial charge is 0.306 e. The van der Waals surface area contributed by atoms with Crippen molar-refractivity contribution in [3.63, 3.8) is 0 Å². The molecule has 0 saturated carbocycles. The van der Waals surface area contributed by atoms with Gasteiger partial charge < -0.3 is 4.90 Å². The molecule has 0 unspecified atom stereocenters. The third-order valence-corrected chi connectivity index (χ3v) is 3.39. The minimum absolute atomic E-state index is 0.0426. The average Bonchev–Trinajstić information content (AvgIpc) is 2.85. The van der Waals surface area contributed by atoms with Crippen molar-refractivity contribution in [3.8, 4) is 0 Å². The van der Waals surface area contributed by atoms with Crippen LogP contribution in [0.15, 0.2) is 12.4 Å². The summed E-state index contributed by atoms with van der Waals surface area (Å²) in [6, 6.07) is 0. The van der Waals surface area contributed by atoms with Gasteiger partial charge in [0, 0.05) is 26.1 Å². The highest BCUT2D eigenvalue weighted by atomic mass is 16.6. The van der Waals surface area contributed by atoms with Gasteiger partial charge in [-0.15, -0.1) is 0 Å². The number of piperidine rings is 1. The molecule has 1 aromatic rings. The summed E-state index contributed by atoms with van der Waals surface area (Å²) in [5.74, 6) is 0.660. The Hall–Kier alpha value is -1.92. The number of carbonyl (C=O) groups excluding carboxylic acids is 1. The summed E-state index contributed by atoms with van der Waals surface area (Å²) in [5.41, 5.74) is -0.0426. The van der Waals surface area contributed by atoms with Gasteiger partial charge in [0.1, 0.15) is 12.4 Å². The monoisotopic (exact) mass is 266 g/mol. The van der Waals surface area contributed by atoms with Crippen LogP contribution in [-0.2, 0) is 11.3 Å². The van der Waals surface area contributed by atoms with Crippen LogP contribution in [0.25, 0.3) is 0 Å². The van der Waals surface area contributed by atoms with E-state index in [0.717, 1.165) is 19.5 Å². The van der Waals surface area contributed by atoms with Gasteiger partial charge in [-0.25, -0.2) is 0 Å². The van der Waals surface area contributed by atoms with Gasteiger partial charge in [0.2, 0.25) is 5.91 Å². The standard InChI is InChI=1S/C12H18N4O3/c1-10-3-2-5-14(8-10)12(17)4-6-15-9-11(7-13-15)16(18)19/h7,9-10H,2-6,8H2,1H3/t10-/m1/s1. The van der Waals surface area contributed by atoms with Gasteiger partial charge in [-0.1, -0.05) is 6.92 Å². The normalized spacial score (nSPS) is 19.4. The van der Waals surface area contributed by atoms with E-state index < -0.39 is 4.92 Å². The number of amides is 1. The van der Waals surface area contributed by atoms with Gasteiger partial charge in [-0.3, -0.25) is 19.6 Å². The van der Waals surface area contributed by atoms with Crippen LogP contribution in [0.3, 0.4) is 0 Å². The number of nitrogens with zero attached hydrogens (tertiary/aromatic N) is 4. The van der Waals surface area contributed by atoms with E-state index in [1.165, 1.54) is 23.5 Å². The zero-order chi connectivity index (χ0) is 13.8. The summed E-state index contributed by atoms with van der Waals surface area (Å²) >= 11 is 0. The maximum atomic E-state index is 12.0. The van der Waals surface area contributed by atoms with Gasteiger partial charge >= 0.3 is 5.69 Å². The second kappa shape index (κ2) is 5.81. The number of rotatable bonds is 4. The Morgan fingerprint density at radius 2 is 2.42 bits per heavy atom. The van der Waals surface area contributed by atoms with E-state index in [0.29, 0.717) is 18.9 Å². The summed E-state index contributed by atoms with van der Waals surface area (Å²) in [7, 11) is 0. The second-order valence-corrected chi connectivity index (χ2v) is 5.06. The van der Waals surface area contributed by atoms with E-state index >= 15 is 0 Å². The highest BCUT2D eigenvalue weighted by molar-refractivity contribution is 5.76. The molecule has 1 saturated heterocycles. The zero-order valence-corrected chi connectivity index (χ0v) is 11.0. The van der Waals surface area contributed by atoms with Crippen LogP contribution in [0.4, 0.5) is 5.69 Å². The van der Waals surface area contributed by atoms with Gasteiger partial charge in [-0.2, -0.15) is 5.10 Å². The molecule has 19 heavy (non-hydrogen) atoms. The Labute approximate surface area is 111 Å². The Morgan fingerprint density at radius 1 is 1.63 bits per heavy atom. The van der Waals surface area contributed by atoms with E-state index in [4.69, 9.17) is 0 Å². The number of hydrogen-bond acceptors (Lipinski definition) is 4. The van der Waals surface area contributed by atoms with E-state index in [2.05, 4.69) is 12.0 Å². The summed E-state index contributed by atoms with van der Waals surface area (Å²) in [6.45, 7) is 4.17. The molecule has 1 fully saturated rings. The van der Waals surface area contributed by atoms with Crippen molar-refractivity contribution in [1.82, 2.24) is 14.7 Å². The molecule has 1 aliphatic rings. The molecule has 0 bridgehead atoms. The molecule has 1 atom stereocenters. The zero-order valence-electron chi connectivity index (χ0n) is 11.0. The quantitative estimate of drug-likeness (QED) is 0.610. The fourth-order valence-corrected chi connectivity index (χ4v) is 2.35. The first-order valence-electron chi connectivity index (χ1n) is 6.51. The predicted molar refractivity (Wildman–Crippen MR) is 68.5 cm³/mol. The van der Waals surface area contributed by atoms with Crippen molar-refractivity contribution in [2.45, 2.75) is 32.7 Å². The van der Waals surface area contributed by atoms with Crippen molar-refractivity contribution < 1.29 is 9.72 Å². The third-order valence-electron chi connectivity index (χ3n) is 3.39. The van der Waals surface area contributed by atoms with Crippen LogP contribution in [0.5, 0.6) is 0 Å². The lowest BCUT2D eigenvalue weighted by atomic mass is 10.00. The third kappa shape index (κ3) is 3.52. The number of likely N-dealkylation sites (tertiary alicyclic amines) is 1. The van der Waals surface area contributed by atoms with Gasteiger partial charge in [0.05, 0.1) is 4.92 Å². The summed E-state index contributed by atoms with van der Waals surface area (Å²) in [4.78, 5) is 23.9. The molecular weight excluding hydrogens is 248 g/mol. The number of aromatic nitrogens is 2. The molecule has 0 spiro atoms. The second-order valence-electron chi connectivity index (χ2n) is 5.06. The van der Waals surface area contributed by atoms with Crippen molar-refractivity contribution in [2.24, 2.45) is 5.92 Å². The molecule has 104 valence electrons. The minimum Gasteiger partial charge on any atom is -0.342 e. The lowest BCUT2D eigenvalue weighted by Crippen LogP contribution is -2.39. The van der Waals surface area contributed by atoms with Crippen LogP contribution in [-0.4, -0.2) is 38.6 Å². The summed E-state index contributed by atoms with van der Waals surface area (Å²) in [6.07, 6.45) is 5.13. The largest absolute Gasteiger partial charge is 0.342 e. The van der Waals surface area contributed by atoms with Crippen molar-refractivity contribution in [3.05, 3.63) is 22.5 Å². The first-order chi connectivity index (χ1) is 9.06. The SMILES string of the molecule is C[C@@H]1CCCN(C(=O)CCn2cc([N+](=O)[O-])cn2)C1. The Morgan fingerprint density at radius 3 is 3.05 bits per heavy atom. The van der Waals surface area contributed by atoms with Crippen molar-refractivity contribution in [2.75, 3.05) is 13.1 Å². The highest BCUT2D eigenvalue weighted by Crippen LogP contribution is 2.16. The number of aryl methyl sites for hydroxylation is 1. The fourth-order valence-electron chi connectivity index (χ4n) is 2.35. The van der Waals surface area contributed by atoms with Gasteiger partial charge in [0.25, 0.3) is 0 Å². The molecular formula is C12H18N4O3. The predicted octanol–water partition coefficient (Wildman–Crippen LogP) is 1.44. The van der Waals surface area contributed by atoms with Crippen molar-refractivity contribution >= 4 is 11.6 Å². The highest BCUT2D eigenvalue weighted by Gasteiger charge is 2.20. The molecule has 1 amide bonds. The molecule has 0 aliphatic carbocycles. The average molecular weight is 266 g/mol. The molecule has 7 heteroatoms. The number of nitro groups is 1. The maximum Gasteiger partial charge on any atom is 0.306 e. The molecule has 0 aromatic carbocycles. The topological polar surface area (TPSA) is 81.3 Å². The van der Waals surface area contributed by atoms with Crippen LogP contribution < -0.4 is 0 Å². The van der Waals surface area contributed by atoms with Crippen LogP contribution in [0.1, 0.15) is 26.2 Å². The van der Waals surface area contributed by atoms with E-state index in [9.17, 15) is 14.9 Å². The fraction of sp³-hybridized carbons (Fsp3) is 0.667. The Bertz CT molecular complexity index is 471. The molecule has 0 radical (unpaired) electrons. The minimum atomic E-state index is -0.488. The molecule has 7 nitrogen and oxygen atoms in total. The Balaban J connectivity index is 1.84. The van der Waals surface area contributed by atoms with E-state index in [-0.39, 0.29) is 11.6 Å². The molecule has 2 rings (SSSR count). The van der Waals surface area contributed by atoms with Crippen LogP contribution in [0.2, 0.25) is 0 Å². The first kappa shape index (κ1) is 13.5. The molecule has 2 heterocycles. The van der Waals surface area contributed by atoms with Crippen LogP contribution in [0, 0.1) is 16.0 Å². The number of hydrogen-bond donors (Lipinski definition) is 0. The van der Waals surface area contributed by atoms with Gasteiger partial charge in [-0.05, 0) is 18.8 Å². The summed E-state index contributed by atoms with van der Waals surface area (Å²) < 4.78 is 1.45. The summed E-state index contributed by atoms with van der Waals surface area (Å²) in [5, 5.41) is 14.4. The molecule has 1 aliphatic heterocycles. The molecule has 1 aromatic heterocycles. The lowest BCUT2D eigenvalue weighted by Gasteiger charge is -2.31. The van der Waals surface area contributed by atoms with Crippen molar-refractivity contribution in [1.29, 1.82) is 0 Å². The first-order valence-corrected chi connectivity index (χ1v) is 6.51. The maximum absolute atomic E-state index is 12.0. The number of carbonyl (C=O) groups is 1. The Kier molecular flexibility index (Phi) is 4.13. The van der Waals surface area contributed by atoms with E-state index in [1.807, 2.05) is 4.90 Å². The van der Waals surface area contributed by atoms with E-state index in [1.54, 1.807) is 0 Å². The molecule has 0 N–H and O–H groups in total. The lowest BCUT2D eigenvalue weighted by molar-refractivity contribution is -0.385. The van der Waals surface area contributed by atoms with Gasteiger partial charge in [0.15, 0.2) is 0 Å².